The molecule has 0 radical (unpaired) electrons. The van der Waals surface area contributed by atoms with Crippen LogP contribution in [0.1, 0.15) is 28.6 Å². The number of rotatable bonds is 4. The number of carbonyl (C=O) groups is 1. The molecule has 0 saturated heterocycles. The fourth-order valence-electron chi connectivity index (χ4n) is 2.58. The van der Waals surface area contributed by atoms with Gasteiger partial charge in [-0.25, -0.2) is 0 Å². The summed E-state index contributed by atoms with van der Waals surface area (Å²) in [7, 11) is 0. The minimum absolute atomic E-state index is 0.290. The summed E-state index contributed by atoms with van der Waals surface area (Å²) in [5.74, 6) is 0.747. The summed E-state index contributed by atoms with van der Waals surface area (Å²) in [4.78, 5) is 12.6. The van der Waals surface area contributed by atoms with Gasteiger partial charge in [0.2, 0.25) is 0 Å². The Kier molecular flexibility index (Phi) is 4.49. The van der Waals surface area contributed by atoms with Gasteiger partial charge in [-0.1, -0.05) is 17.7 Å². The van der Waals surface area contributed by atoms with Crippen LogP contribution in [0.2, 0.25) is 5.02 Å². The van der Waals surface area contributed by atoms with E-state index in [1.54, 1.807) is 12.1 Å². The average molecular weight is 344 g/mol. The number of amides is 1. The lowest BCUT2D eigenvalue weighted by Gasteiger charge is -2.07. The summed E-state index contributed by atoms with van der Waals surface area (Å²) in [6.45, 7) is 6.29. The van der Waals surface area contributed by atoms with E-state index in [0.29, 0.717) is 22.9 Å². The molecule has 1 heterocycles. The molecule has 0 aliphatic carbocycles. The number of benzene rings is 2. The van der Waals surface area contributed by atoms with Crippen molar-refractivity contribution in [3.05, 3.63) is 58.3 Å². The molecule has 3 rings (SSSR count). The molecule has 0 aliphatic rings. The van der Waals surface area contributed by atoms with Gasteiger partial charge in [-0.15, -0.1) is 0 Å². The first kappa shape index (κ1) is 16.4. The molecule has 0 atom stereocenters. The van der Waals surface area contributed by atoms with Gasteiger partial charge in [-0.05, 0) is 56.7 Å². The highest BCUT2D eigenvalue weighted by molar-refractivity contribution is 6.31. The van der Waals surface area contributed by atoms with Crippen molar-refractivity contribution in [3.63, 3.8) is 0 Å². The number of carbonyl (C=O) groups excluding carboxylic acids is 1. The Bertz CT molecular complexity index is 914. The van der Waals surface area contributed by atoms with E-state index in [-0.39, 0.29) is 11.7 Å². The Morgan fingerprint density at radius 2 is 2.00 bits per heavy atom. The van der Waals surface area contributed by atoms with Gasteiger partial charge in [0.05, 0.1) is 6.61 Å². The smallest absolute Gasteiger partial charge is 0.291 e. The van der Waals surface area contributed by atoms with Crippen molar-refractivity contribution >= 4 is 34.2 Å². The molecule has 3 aromatic rings. The maximum Gasteiger partial charge on any atom is 0.291 e. The minimum atomic E-state index is -0.299. The Labute approximate surface area is 145 Å². The number of aryl methyl sites for hydroxylation is 2. The van der Waals surface area contributed by atoms with Gasteiger partial charge in [0.25, 0.3) is 5.91 Å². The number of fused-ring (bicyclic) bond motifs is 1. The molecule has 0 bridgehead atoms. The second-order valence-electron chi connectivity index (χ2n) is 5.56. The largest absolute Gasteiger partial charge is 0.494 e. The van der Waals surface area contributed by atoms with Gasteiger partial charge in [-0.3, -0.25) is 4.79 Å². The molecule has 0 fully saturated rings. The van der Waals surface area contributed by atoms with E-state index in [1.807, 2.05) is 45.0 Å². The first-order valence-corrected chi connectivity index (χ1v) is 8.11. The third-order valence-electron chi connectivity index (χ3n) is 3.87. The molecule has 0 spiro atoms. The quantitative estimate of drug-likeness (QED) is 0.694. The van der Waals surface area contributed by atoms with E-state index in [2.05, 4.69) is 5.32 Å². The molecule has 4 nitrogen and oxygen atoms in total. The zero-order chi connectivity index (χ0) is 17.3. The van der Waals surface area contributed by atoms with Gasteiger partial charge in [0.15, 0.2) is 5.76 Å². The van der Waals surface area contributed by atoms with Crippen LogP contribution < -0.4 is 10.1 Å². The summed E-state index contributed by atoms with van der Waals surface area (Å²) in [5.41, 5.74) is 3.04. The normalized spacial score (nSPS) is 10.8. The van der Waals surface area contributed by atoms with E-state index in [1.165, 1.54) is 0 Å². The highest BCUT2D eigenvalue weighted by Gasteiger charge is 2.19. The summed E-state index contributed by atoms with van der Waals surface area (Å²) in [6, 6.07) is 10.9. The fourth-order valence-corrected chi connectivity index (χ4v) is 2.75. The van der Waals surface area contributed by atoms with Gasteiger partial charge < -0.3 is 14.5 Å². The van der Waals surface area contributed by atoms with Crippen molar-refractivity contribution in [2.45, 2.75) is 20.8 Å². The Balaban J connectivity index is 1.95. The highest BCUT2D eigenvalue weighted by atomic mass is 35.5. The summed E-state index contributed by atoms with van der Waals surface area (Å²) in [5, 5.41) is 4.30. The topological polar surface area (TPSA) is 51.5 Å². The highest BCUT2D eigenvalue weighted by Crippen LogP contribution is 2.30. The zero-order valence-electron chi connectivity index (χ0n) is 13.8. The van der Waals surface area contributed by atoms with E-state index >= 15 is 0 Å². The van der Waals surface area contributed by atoms with E-state index < -0.39 is 0 Å². The summed E-state index contributed by atoms with van der Waals surface area (Å²) in [6.07, 6.45) is 0. The summed E-state index contributed by atoms with van der Waals surface area (Å²) < 4.78 is 11.2. The predicted octanol–water partition coefficient (Wildman–Crippen LogP) is 5.35. The molecule has 1 amide bonds. The fraction of sp³-hybridized carbons (Fsp3) is 0.211. The molecule has 24 heavy (non-hydrogen) atoms. The lowest BCUT2D eigenvalue weighted by Crippen LogP contribution is -2.13. The third-order valence-corrected chi connectivity index (χ3v) is 4.11. The average Bonchev–Trinajstić information content (AvgIpc) is 2.88. The number of anilines is 1. The third kappa shape index (κ3) is 3.10. The van der Waals surface area contributed by atoms with Crippen molar-refractivity contribution in [1.29, 1.82) is 0 Å². The van der Waals surface area contributed by atoms with Crippen LogP contribution in [0.15, 0.2) is 40.8 Å². The number of halogens is 1. The summed E-state index contributed by atoms with van der Waals surface area (Å²) >= 11 is 6.00. The van der Waals surface area contributed by atoms with Crippen LogP contribution in [0.4, 0.5) is 5.69 Å². The Morgan fingerprint density at radius 3 is 2.75 bits per heavy atom. The van der Waals surface area contributed by atoms with E-state index in [0.717, 1.165) is 22.3 Å². The van der Waals surface area contributed by atoms with Crippen LogP contribution >= 0.6 is 11.6 Å². The molecule has 0 aliphatic heterocycles. The minimum Gasteiger partial charge on any atom is -0.494 e. The standard InChI is InChI=1S/C19H18ClNO3/c1-4-23-14-7-8-17-15(10-14)12(3)18(24-17)19(22)21-16-9-13(20)6-5-11(16)2/h5-10H,4H2,1-3H3,(H,21,22). The number of hydrogen-bond donors (Lipinski definition) is 1. The van der Waals surface area contributed by atoms with Crippen LogP contribution in [0.5, 0.6) is 5.75 Å². The number of hydrogen-bond acceptors (Lipinski definition) is 3. The van der Waals surface area contributed by atoms with Gasteiger partial charge in [0.1, 0.15) is 11.3 Å². The van der Waals surface area contributed by atoms with E-state index in [4.69, 9.17) is 20.8 Å². The molecule has 2 aromatic carbocycles. The molecule has 5 heteroatoms. The SMILES string of the molecule is CCOc1ccc2oc(C(=O)Nc3cc(Cl)ccc3C)c(C)c2c1. The first-order valence-electron chi connectivity index (χ1n) is 7.73. The van der Waals surface area contributed by atoms with Crippen molar-refractivity contribution < 1.29 is 13.9 Å². The zero-order valence-corrected chi connectivity index (χ0v) is 14.5. The maximum atomic E-state index is 12.6. The molecule has 0 unspecified atom stereocenters. The molecular formula is C19H18ClNO3. The predicted molar refractivity (Wildman–Crippen MR) is 96.3 cm³/mol. The lowest BCUT2D eigenvalue weighted by molar-refractivity contribution is 0.0998. The van der Waals surface area contributed by atoms with Crippen molar-refractivity contribution in [3.8, 4) is 5.75 Å². The van der Waals surface area contributed by atoms with Crippen molar-refractivity contribution in [1.82, 2.24) is 0 Å². The molecular weight excluding hydrogens is 326 g/mol. The van der Waals surface area contributed by atoms with Crippen LogP contribution in [-0.4, -0.2) is 12.5 Å². The Morgan fingerprint density at radius 1 is 1.21 bits per heavy atom. The van der Waals surface area contributed by atoms with Crippen LogP contribution in [0.25, 0.3) is 11.0 Å². The number of nitrogens with one attached hydrogen (secondary N) is 1. The second-order valence-corrected chi connectivity index (χ2v) is 6.00. The molecule has 124 valence electrons. The van der Waals surface area contributed by atoms with E-state index in [9.17, 15) is 4.79 Å². The number of furan rings is 1. The van der Waals surface area contributed by atoms with Crippen LogP contribution in [0, 0.1) is 13.8 Å². The maximum absolute atomic E-state index is 12.6. The molecule has 1 aromatic heterocycles. The lowest BCUT2D eigenvalue weighted by atomic mass is 10.1. The van der Waals surface area contributed by atoms with Crippen molar-refractivity contribution in [2.24, 2.45) is 0 Å². The van der Waals surface area contributed by atoms with Crippen LogP contribution in [-0.2, 0) is 0 Å². The number of ether oxygens (including phenoxy) is 1. The molecule has 0 saturated carbocycles. The first-order chi connectivity index (χ1) is 11.5. The van der Waals surface area contributed by atoms with Gasteiger partial charge in [-0.2, -0.15) is 0 Å². The van der Waals surface area contributed by atoms with Gasteiger partial charge in [0, 0.05) is 21.7 Å². The Hall–Kier alpha value is -2.46. The molecule has 1 N–H and O–H groups in total. The second kappa shape index (κ2) is 6.57. The van der Waals surface area contributed by atoms with Crippen LogP contribution in [0.3, 0.4) is 0 Å². The monoisotopic (exact) mass is 343 g/mol. The van der Waals surface area contributed by atoms with Crippen molar-refractivity contribution in [2.75, 3.05) is 11.9 Å². The van der Waals surface area contributed by atoms with Gasteiger partial charge >= 0.3 is 0 Å².